The first-order valence-electron chi connectivity index (χ1n) is 7.56. The van der Waals surface area contributed by atoms with E-state index >= 15 is 0 Å². The van der Waals surface area contributed by atoms with Gasteiger partial charge in [-0.3, -0.25) is 0 Å². The molecular formula is C19H14F6O2. The highest BCUT2D eigenvalue weighted by molar-refractivity contribution is 5.39. The van der Waals surface area contributed by atoms with E-state index in [1.807, 2.05) is 5.92 Å². The fraction of sp³-hybridized carbons (Fsp3) is 0.263. The van der Waals surface area contributed by atoms with Crippen molar-refractivity contribution in [3.05, 3.63) is 71.3 Å². The van der Waals surface area contributed by atoms with Crippen molar-refractivity contribution in [2.24, 2.45) is 0 Å². The molecule has 0 radical (unpaired) electrons. The molecule has 2 aromatic rings. The summed E-state index contributed by atoms with van der Waals surface area (Å²) in [5.74, 6) is 3.58. The minimum Gasteiger partial charge on any atom is -0.374 e. The van der Waals surface area contributed by atoms with Gasteiger partial charge in [-0.15, -0.1) is 0 Å². The van der Waals surface area contributed by atoms with E-state index in [4.69, 9.17) is 0 Å². The smallest absolute Gasteiger partial charge is 0.374 e. The molecule has 0 unspecified atom stereocenters. The van der Waals surface area contributed by atoms with E-state index in [2.05, 4.69) is 0 Å². The molecular weight excluding hydrogens is 374 g/mol. The molecule has 0 aliphatic carbocycles. The van der Waals surface area contributed by atoms with Crippen LogP contribution in [0.15, 0.2) is 54.6 Å². The summed E-state index contributed by atoms with van der Waals surface area (Å²) >= 11 is 0. The van der Waals surface area contributed by atoms with Gasteiger partial charge in [0, 0.05) is 5.56 Å². The maximum atomic E-state index is 13.4. The number of halogens is 6. The summed E-state index contributed by atoms with van der Waals surface area (Å²) in [5.41, 5.74) is -7.46. The molecule has 2 nitrogen and oxygen atoms in total. The van der Waals surface area contributed by atoms with E-state index < -0.39 is 34.7 Å². The van der Waals surface area contributed by atoms with Crippen LogP contribution in [-0.2, 0) is 17.4 Å². The fourth-order valence-corrected chi connectivity index (χ4v) is 2.25. The van der Waals surface area contributed by atoms with E-state index in [1.165, 1.54) is 18.2 Å². The van der Waals surface area contributed by atoms with Gasteiger partial charge in [0.1, 0.15) is 5.60 Å². The quantitative estimate of drug-likeness (QED) is 0.593. The number of hydrogen-bond acceptors (Lipinski definition) is 2. The van der Waals surface area contributed by atoms with Crippen LogP contribution in [-0.4, -0.2) is 16.4 Å². The van der Waals surface area contributed by atoms with Crippen LogP contribution in [0, 0.1) is 11.8 Å². The van der Waals surface area contributed by atoms with Crippen LogP contribution in [0.2, 0.25) is 0 Å². The maximum Gasteiger partial charge on any atom is 0.433 e. The molecule has 0 fully saturated rings. The Morgan fingerprint density at radius 3 is 1.59 bits per heavy atom. The first kappa shape index (κ1) is 20.8. The Kier molecular flexibility index (Phi) is 5.32. The predicted octanol–water partition coefficient (Wildman–Crippen LogP) is 4.37. The highest BCUT2D eigenvalue weighted by Crippen LogP contribution is 2.39. The molecule has 0 bridgehead atoms. The van der Waals surface area contributed by atoms with Crippen molar-refractivity contribution < 1.29 is 36.6 Å². The van der Waals surface area contributed by atoms with Crippen molar-refractivity contribution in [2.75, 3.05) is 0 Å². The number of hydrogen-bond donors (Lipinski definition) is 2. The summed E-state index contributed by atoms with van der Waals surface area (Å²) in [4.78, 5) is 0. The molecule has 0 aliphatic rings. The summed E-state index contributed by atoms with van der Waals surface area (Å²) in [6, 6.07) is 9.23. The maximum absolute atomic E-state index is 13.4. The van der Waals surface area contributed by atoms with Gasteiger partial charge >= 0.3 is 12.4 Å². The van der Waals surface area contributed by atoms with Crippen molar-refractivity contribution in [3.63, 3.8) is 0 Å². The van der Waals surface area contributed by atoms with Gasteiger partial charge in [-0.05, 0) is 24.6 Å². The van der Waals surface area contributed by atoms with E-state index in [1.54, 1.807) is 5.92 Å². The fourth-order valence-electron chi connectivity index (χ4n) is 2.25. The Morgan fingerprint density at radius 1 is 0.667 bits per heavy atom. The Labute approximate surface area is 151 Å². The first-order chi connectivity index (χ1) is 12.3. The summed E-state index contributed by atoms with van der Waals surface area (Å²) in [6.45, 7) is 1.02. The van der Waals surface area contributed by atoms with Gasteiger partial charge in [0.05, 0.1) is 5.56 Å². The van der Waals surface area contributed by atoms with Gasteiger partial charge in [-0.1, -0.05) is 54.3 Å². The highest BCUT2D eigenvalue weighted by atomic mass is 19.4. The van der Waals surface area contributed by atoms with Gasteiger partial charge in [-0.25, -0.2) is 0 Å². The number of alkyl halides is 6. The molecule has 2 aromatic carbocycles. The van der Waals surface area contributed by atoms with Crippen LogP contribution < -0.4 is 0 Å². The predicted molar refractivity (Wildman–Crippen MR) is 85.2 cm³/mol. The second kappa shape index (κ2) is 6.91. The van der Waals surface area contributed by atoms with Crippen molar-refractivity contribution in [2.45, 2.75) is 30.5 Å². The van der Waals surface area contributed by atoms with Crippen LogP contribution in [0.5, 0.6) is 0 Å². The molecule has 0 saturated heterocycles. The van der Waals surface area contributed by atoms with Crippen molar-refractivity contribution in [3.8, 4) is 11.8 Å². The summed E-state index contributed by atoms with van der Waals surface area (Å²) in [7, 11) is 0. The SMILES string of the molecule is C[C@](O)(C#C[C@](O)(c1ccccc1)C(F)(F)F)c1ccc(C(F)(F)F)cc1. The normalized spacial score (nSPS) is 16.6. The lowest BCUT2D eigenvalue weighted by Crippen LogP contribution is -2.41. The van der Waals surface area contributed by atoms with Crippen molar-refractivity contribution in [1.82, 2.24) is 0 Å². The van der Waals surface area contributed by atoms with Crippen LogP contribution in [0.3, 0.4) is 0 Å². The molecule has 0 amide bonds. The number of benzene rings is 2. The average molecular weight is 388 g/mol. The lowest BCUT2D eigenvalue weighted by molar-refractivity contribution is -0.240. The summed E-state index contributed by atoms with van der Waals surface area (Å²) in [5, 5.41) is 20.4. The molecule has 0 heterocycles. The Bertz CT molecular complexity index is 842. The molecule has 27 heavy (non-hydrogen) atoms. The molecule has 144 valence electrons. The summed E-state index contributed by atoms with van der Waals surface area (Å²) in [6.07, 6.45) is -9.77. The highest BCUT2D eigenvalue weighted by Gasteiger charge is 2.54. The molecule has 0 aliphatic heterocycles. The third-order valence-electron chi connectivity index (χ3n) is 3.86. The van der Waals surface area contributed by atoms with E-state index in [-0.39, 0.29) is 5.56 Å². The standard InChI is InChI=1S/C19H14F6O2/c1-16(26,13-7-9-15(10-8-13)18(20,21)22)11-12-17(27,19(23,24)25)14-5-3-2-4-6-14/h2-10,26-27H,1H3/t16-,17-/m0/s1. The van der Waals surface area contributed by atoms with Gasteiger partial charge in [0.2, 0.25) is 5.60 Å². The van der Waals surface area contributed by atoms with Crippen LogP contribution in [0.25, 0.3) is 0 Å². The summed E-state index contributed by atoms with van der Waals surface area (Å²) < 4.78 is 78.0. The van der Waals surface area contributed by atoms with Gasteiger partial charge in [-0.2, -0.15) is 26.3 Å². The molecule has 2 atom stereocenters. The molecule has 2 N–H and O–H groups in total. The average Bonchev–Trinajstić information content (AvgIpc) is 2.59. The van der Waals surface area contributed by atoms with Crippen molar-refractivity contribution in [1.29, 1.82) is 0 Å². The monoisotopic (exact) mass is 388 g/mol. The largest absolute Gasteiger partial charge is 0.433 e. The van der Waals surface area contributed by atoms with E-state index in [9.17, 15) is 36.6 Å². The first-order valence-corrected chi connectivity index (χ1v) is 7.56. The van der Waals surface area contributed by atoms with Gasteiger partial charge < -0.3 is 10.2 Å². The molecule has 2 rings (SSSR count). The van der Waals surface area contributed by atoms with Crippen LogP contribution in [0.4, 0.5) is 26.3 Å². The zero-order valence-corrected chi connectivity index (χ0v) is 13.9. The Balaban J connectivity index is 2.45. The van der Waals surface area contributed by atoms with E-state index in [0.717, 1.165) is 31.2 Å². The third-order valence-corrected chi connectivity index (χ3v) is 3.86. The van der Waals surface area contributed by atoms with Crippen LogP contribution in [0.1, 0.15) is 23.6 Å². The molecule has 0 aromatic heterocycles. The minimum atomic E-state index is -5.17. The van der Waals surface area contributed by atoms with Crippen LogP contribution >= 0.6 is 0 Å². The lowest BCUT2D eigenvalue weighted by atomic mass is 9.90. The topological polar surface area (TPSA) is 40.5 Å². The number of aliphatic hydroxyl groups is 2. The van der Waals surface area contributed by atoms with E-state index in [0.29, 0.717) is 12.1 Å². The van der Waals surface area contributed by atoms with Gasteiger partial charge in [0.25, 0.3) is 0 Å². The van der Waals surface area contributed by atoms with Crippen molar-refractivity contribution >= 4 is 0 Å². The second-order valence-electron chi connectivity index (χ2n) is 5.97. The second-order valence-corrected chi connectivity index (χ2v) is 5.97. The molecule has 8 heteroatoms. The molecule has 0 spiro atoms. The zero-order chi connectivity index (χ0) is 20.5. The Hall–Kier alpha value is -2.50. The Morgan fingerprint density at radius 2 is 1.15 bits per heavy atom. The third kappa shape index (κ3) is 4.43. The lowest BCUT2D eigenvalue weighted by Gasteiger charge is -2.26. The number of rotatable bonds is 2. The molecule has 0 saturated carbocycles. The zero-order valence-electron chi connectivity index (χ0n) is 13.9. The van der Waals surface area contributed by atoms with Gasteiger partial charge in [0.15, 0.2) is 0 Å². The minimum absolute atomic E-state index is 0.152.